The summed E-state index contributed by atoms with van der Waals surface area (Å²) in [5.41, 5.74) is 1.29. The third-order valence-corrected chi connectivity index (χ3v) is 3.58. The van der Waals surface area contributed by atoms with Crippen molar-refractivity contribution in [3.63, 3.8) is 0 Å². The van der Waals surface area contributed by atoms with Gasteiger partial charge in [-0.3, -0.25) is 0 Å². The van der Waals surface area contributed by atoms with E-state index in [1.165, 1.54) is 5.56 Å². The van der Waals surface area contributed by atoms with E-state index in [-0.39, 0.29) is 6.10 Å². The molecular formula is C14H20O3. The van der Waals surface area contributed by atoms with Crippen LogP contribution in [0, 0.1) is 0 Å². The predicted octanol–water partition coefficient (Wildman–Crippen LogP) is 2.72. The number of aliphatic hydroxyl groups excluding tert-OH is 1. The molecule has 0 radical (unpaired) electrons. The van der Waals surface area contributed by atoms with Crippen LogP contribution in [0.1, 0.15) is 37.2 Å². The van der Waals surface area contributed by atoms with Gasteiger partial charge in [0.2, 0.25) is 0 Å². The molecule has 0 aliphatic heterocycles. The van der Waals surface area contributed by atoms with Gasteiger partial charge in [-0.25, -0.2) is 0 Å². The Morgan fingerprint density at radius 2 is 1.65 bits per heavy atom. The summed E-state index contributed by atoms with van der Waals surface area (Å²) in [5, 5.41) is 9.51. The van der Waals surface area contributed by atoms with Gasteiger partial charge in [-0.1, -0.05) is 6.07 Å². The normalized spacial score (nSPS) is 24.4. The minimum atomic E-state index is -0.105. The largest absolute Gasteiger partial charge is 0.493 e. The van der Waals surface area contributed by atoms with Crippen molar-refractivity contribution in [2.45, 2.75) is 37.7 Å². The average Bonchev–Trinajstić information content (AvgIpc) is 2.39. The van der Waals surface area contributed by atoms with Crippen LogP contribution in [0.3, 0.4) is 0 Å². The highest BCUT2D eigenvalue weighted by Gasteiger charge is 2.21. The quantitative estimate of drug-likeness (QED) is 0.877. The summed E-state index contributed by atoms with van der Waals surface area (Å²) in [6.07, 6.45) is 3.80. The van der Waals surface area contributed by atoms with E-state index in [2.05, 4.69) is 12.1 Å². The molecular weight excluding hydrogens is 216 g/mol. The van der Waals surface area contributed by atoms with Crippen LogP contribution < -0.4 is 9.47 Å². The average molecular weight is 236 g/mol. The maximum atomic E-state index is 9.51. The Morgan fingerprint density at radius 1 is 1.00 bits per heavy atom. The summed E-state index contributed by atoms with van der Waals surface area (Å²) in [6, 6.07) is 6.12. The van der Waals surface area contributed by atoms with Crippen molar-refractivity contribution < 1.29 is 14.6 Å². The van der Waals surface area contributed by atoms with Gasteiger partial charge < -0.3 is 14.6 Å². The second kappa shape index (κ2) is 5.41. The number of aliphatic hydroxyl groups is 1. The van der Waals surface area contributed by atoms with Gasteiger partial charge in [0, 0.05) is 0 Å². The fourth-order valence-corrected chi connectivity index (χ4v) is 2.52. The van der Waals surface area contributed by atoms with Crippen LogP contribution >= 0.6 is 0 Å². The first-order valence-electron chi connectivity index (χ1n) is 6.14. The second-order valence-electron chi connectivity index (χ2n) is 4.62. The van der Waals surface area contributed by atoms with Gasteiger partial charge in [0.15, 0.2) is 11.5 Å². The first-order valence-corrected chi connectivity index (χ1v) is 6.14. The zero-order chi connectivity index (χ0) is 12.3. The SMILES string of the molecule is COc1ccc(C2CCC(O)CC2)cc1OC. The molecule has 0 heterocycles. The zero-order valence-corrected chi connectivity index (χ0v) is 10.5. The Hall–Kier alpha value is -1.22. The van der Waals surface area contributed by atoms with E-state index in [1.54, 1.807) is 14.2 Å². The molecule has 94 valence electrons. The van der Waals surface area contributed by atoms with Crippen molar-refractivity contribution in [2.24, 2.45) is 0 Å². The van der Waals surface area contributed by atoms with Crippen LogP contribution in [0.15, 0.2) is 18.2 Å². The smallest absolute Gasteiger partial charge is 0.160 e. The van der Waals surface area contributed by atoms with Gasteiger partial charge in [-0.15, -0.1) is 0 Å². The van der Waals surface area contributed by atoms with E-state index in [9.17, 15) is 5.11 Å². The maximum absolute atomic E-state index is 9.51. The van der Waals surface area contributed by atoms with Crippen molar-refractivity contribution in [3.8, 4) is 11.5 Å². The zero-order valence-electron chi connectivity index (χ0n) is 10.5. The molecule has 0 bridgehead atoms. The van der Waals surface area contributed by atoms with Crippen LogP contribution in [0.4, 0.5) is 0 Å². The molecule has 1 aromatic rings. The number of benzene rings is 1. The van der Waals surface area contributed by atoms with Crippen molar-refractivity contribution in [1.29, 1.82) is 0 Å². The molecule has 17 heavy (non-hydrogen) atoms. The minimum absolute atomic E-state index is 0.105. The molecule has 0 saturated heterocycles. The van der Waals surface area contributed by atoms with E-state index in [4.69, 9.17) is 9.47 Å². The Balaban J connectivity index is 2.16. The van der Waals surface area contributed by atoms with E-state index in [0.717, 1.165) is 37.2 Å². The number of hydrogen-bond donors (Lipinski definition) is 1. The monoisotopic (exact) mass is 236 g/mol. The van der Waals surface area contributed by atoms with Gasteiger partial charge in [0.25, 0.3) is 0 Å². The van der Waals surface area contributed by atoms with E-state index >= 15 is 0 Å². The van der Waals surface area contributed by atoms with Gasteiger partial charge in [0.1, 0.15) is 0 Å². The lowest BCUT2D eigenvalue weighted by Gasteiger charge is -2.26. The summed E-state index contributed by atoms with van der Waals surface area (Å²) in [6.45, 7) is 0. The van der Waals surface area contributed by atoms with Crippen LogP contribution in [0.5, 0.6) is 11.5 Å². The molecule has 0 atom stereocenters. The molecule has 3 nitrogen and oxygen atoms in total. The lowest BCUT2D eigenvalue weighted by molar-refractivity contribution is 0.122. The van der Waals surface area contributed by atoms with Crippen LogP contribution in [0.2, 0.25) is 0 Å². The maximum Gasteiger partial charge on any atom is 0.160 e. The Morgan fingerprint density at radius 3 is 2.24 bits per heavy atom. The number of rotatable bonds is 3. The third-order valence-electron chi connectivity index (χ3n) is 3.58. The van der Waals surface area contributed by atoms with Gasteiger partial charge in [-0.05, 0) is 49.3 Å². The Labute approximate surface area is 102 Å². The molecule has 3 heteroatoms. The van der Waals surface area contributed by atoms with Crippen LogP contribution in [-0.2, 0) is 0 Å². The van der Waals surface area contributed by atoms with E-state index in [1.807, 2.05) is 6.07 Å². The van der Waals surface area contributed by atoms with Crippen LogP contribution in [-0.4, -0.2) is 25.4 Å². The van der Waals surface area contributed by atoms with Crippen molar-refractivity contribution in [1.82, 2.24) is 0 Å². The molecule has 0 unspecified atom stereocenters. The molecule has 1 saturated carbocycles. The standard InChI is InChI=1S/C14H20O3/c1-16-13-8-5-11(9-14(13)17-2)10-3-6-12(15)7-4-10/h5,8-10,12,15H,3-4,6-7H2,1-2H3. The van der Waals surface area contributed by atoms with Crippen LogP contribution in [0.25, 0.3) is 0 Å². The van der Waals surface area contributed by atoms with Gasteiger partial charge in [0.05, 0.1) is 20.3 Å². The van der Waals surface area contributed by atoms with E-state index < -0.39 is 0 Å². The summed E-state index contributed by atoms with van der Waals surface area (Å²) in [7, 11) is 3.31. The molecule has 0 spiro atoms. The minimum Gasteiger partial charge on any atom is -0.493 e. The highest BCUT2D eigenvalue weighted by atomic mass is 16.5. The summed E-state index contributed by atoms with van der Waals surface area (Å²) >= 11 is 0. The number of hydrogen-bond acceptors (Lipinski definition) is 3. The highest BCUT2D eigenvalue weighted by Crippen LogP contribution is 2.37. The molecule has 1 N–H and O–H groups in total. The molecule has 1 fully saturated rings. The van der Waals surface area contributed by atoms with Crippen molar-refractivity contribution in [2.75, 3.05) is 14.2 Å². The highest BCUT2D eigenvalue weighted by molar-refractivity contribution is 5.44. The Bertz CT molecular complexity index is 368. The number of ether oxygens (including phenoxy) is 2. The molecule has 1 aliphatic carbocycles. The molecule has 0 aromatic heterocycles. The van der Waals surface area contributed by atoms with Crippen molar-refractivity contribution in [3.05, 3.63) is 23.8 Å². The summed E-state index contributed by atoms with van der Waals surface area (Å²) in [5.74, 6) is 2.10. The van der Waals surface area contributed by atoms with Gasteiger partial charge in [-0.2, -0.15) is 0 Å². The Kier molecular flexibility index (Phi) is 3.89. The lowest BCUT2D eigenvalue weighted by Crippen LogP contribution is -2.16. The molecule has 1 aromatic carbocycles. The van der Waals surface area contributed by atoms with Gasteiger partial charge >= 0.3 is 0 Å². The predicted molar refractivity (Wildman–Crippen MR) is 66.8 cm³/mol. The fraction of sp³-hybridized carbons (Fsp3) is 0.571. The molecule has 2 rings (SSSR count). The second-order valence-corrected chi connectivity index (χ2v) is 4.62. The first-order chi connectivity index (χ1) is 8.24. The van der Waals surface area contributed by atoms with Crippen molar-refractivity contribution >= 4 is 0 Å². The number of methoxy groups -OCH3 is 2. The summed E-state index contributed by atoms with van der Waals surface area (Å²) < 4.78 is 10.5. The fourth-order valence-electron chi connectivity index (χ4n) is 2.52. The molecule has 1 aliphatic rings. The molecule has 0 amide bonds. The third kappa shape index (κ3) is 2.72. The lowest BCUT2D eigenvalue weighted by atomic mass is 9.83. The topological polar surface area (TPSA) is 38.7 Å². The first kappa shape index (κ1) is 12.2. The van der Waals surface area contributed by atoms with E-state index in [0.29, 0.717) is 5.92 Å². The summed E-state index contributed by atoms with van der Waals surface area (Å²) in [4.78, 5) is 0.